The fraction of sp³-hybridized carbons (Fsp3) is 0.545. The number of amides is 2. The van der Waals surface area contributed by atoms with Gasteiger partial charge in [-0.1, -0.05) is 6.92 Å². The van der Waals surface area contributed by atoms with Crippen LogP contribution in [0.3, 0.4) is 0 Å². The Kier molecular flexibility index (Phi) is 6.27. The van der Waals surface area contributed by atoms with E-state index in [1.165, 1.54) is 11.8 Å². The van der Waals surface area contributed by atoms with Crippen molar-refractivity contribution in [3.8, 4) is 0 Å². The summed E-state index contributed by atoms with van der Waals surface area (Å²) in [6.07, 6.45) is 4.53. The van der Waals surface area contributed by atoms with E-state index in [0.29, 0.717) is 12.2 Å². The molecule has 1 atom stereocenters. The van der Waals surface area contributed by atoms with Crippen molar-refractivity contribution in [2.75, 3.05) is 11.5 Å². The molecule has 0 spiro atoms. The van der Waals surface area contributed by atoms with Crippen LogP contribution in [0, 0.1) is 0 Å². The van der Waals surface area contributed by atoms with Crippen molar-refractivity contribution in [1.82, 2.24) is 15.3 Å². The van der Waals surface area contributed by atoms with Crippen LogP contribution in [-0.4, -0.2) is 33.3 Å². The van der Waals surface area contributed by atoms with Crippen LogP contribution in [0.15, 0.2) is 12.4 Å². The van der Waals surface area contributed by atoms with Gasteiger partial charge in [0.15, 0.2) is 0 Å². The van der Waals surface area contributed by atoms with Gasteiger partial charge < -0.3 is 16.0 Å². The summed E-state index contributed by atoms with van der Waals surface area (Å²) in [5.74, 6) is 1.19. The van der Waals surface area contributed by atoms with E-state index in [0.717, 1.165) is 12.2 Å². The molecule has 1 aromatic rings. The van der Waals surface area contributed by atoms with Gasteiger partial charge in [0.25, 0.3) is 0 Å². The number of H-pyrrole nitrogens is 1. The number of hydrogen-bond acceptors (Lipinski definition) is 4. The molecule has 100 valence electrons. The van der Waals surface area contributed by atoms with E-state index >= 15 is 0 Å². The molecule has 1 aromatic heterocycles. The molecule has 1 rings (SSSR count). The molecule has 0 aliphatic carbocycles. The normalized spacial score (nSPS) is 12.1. The third-order valence-corrected chi connectivity index (χ3v) is 3.29. The number of nitrogens with zero attached hydrogens (tertiary/aromatic N) is 1. The lowest BCUT2D eigenvalue weighted by molar-refractivity contribution is -0.121. The zero-order valence-corrected chi connectivity index (χ0v) is 11.1. The van der Waals surface area contributed by atoms with Crippen molar-refractivity contribution in [3.63, 3.8) is 0 Å². The number of carbonyl (C=O) groups excluding carboxylic acids is 2. The SMILES string of the molecule is CCC(NC(=O)CCSCC(N)=O)c1ncc[nH]1. The van der Waals surface area contributed by atoms with E-state index < -0.39 is 0 Å². The van der Waals surface area contributed by atoms with Crippen LogP contribution in [-0.2, 0) is 9.59 Å². The number of thioether (sulfide) groups is 1. The Hall–Kier alpha value is -1.50. The third kappa shape index (κ3) is 5.22. The van der Waals surface area contributed by atoms with Crippen molar-refractivity contribution in [2.45, 2.75) is 25.8 Å². The molecule has 6 nitrogen and oxygen atoms in total. The molecule has 0 saturated carbocycles. The number of primary amides is 1. The standard InChI is InChI=1S/C11H18N4O2S/c1-2-8(11-13-4-5-14-11)15-10(17)3-6-18-7-9(12)16/h4-5,8H,2-3,6-7H2,1H3,(H2,12,16)(H,13,14)(H,15,17). The Bertz CT molecular complexity index is 380. The van der Waals surface area contributed by atoms with E-state index in [1.807, 2.05) is 6.92 Å². The molecule has 0 bridgehead atoms. The van der Waals surface area contributed by atoms with E-state index in [2.05, 4.69) is 15.3 Å². The second-order valence-corrected chi connectivity index (χ2v) is 4.88. The largest absolute Gasteiger partial charge is 0.369 e. The van der Waals surface area contributed by atoms with Gasteiger partial charge >= 0.3 is 0 Å². The molecule has 0 saturated heterocycles. The van der Waals surface area contributed by atoms with Crippen molar-refractivity contribution >= 4 is 23.6 Å². The van der Waals surface area contributed by atoms with Gasteiger partial charge in [-0.2, -0.15) is 11.8 Å². The second kappa shape index (κ2) is 7.75. The molecular formula is C11H18N4O2S. The van der Waals surface area contributed by atoms with Crippen molar-refractivity contribution < 1.29 is 9.59 Å². The number of nitrogens with two attached hydrogens (primary N) is 1. The zero-order valence-electron chi connectivity index (χ0n) is 10.3. The van der Waals surface area contributed by atoms with Gasteiger partial charge in [0, 0.05) is 24.6 Å². The lowest BCUT2D eigenvalue weighted by atomic mass is 10.2. The number of hydrogen-bond donors (Lipinski definition) is 3. The number of carbonyl (C=O) groups is 2. The average Bonchev–Trinajstić information content (AvgIpc) is 2.85. The van der Waals surface area contributed by atoms with E-state index in [9.17, 15) is 9.59 Å². The molecule has 0 aromatic carbocycles. The lowest BCUT2D eigenvalue weighted by Gasteiger charge is -2.14. The molecule has 4 N–H and O–H groups in total. The van der Waals surface area contributed by atoms with Gasteiger partial charge in [-0.15, -0.1) is 0 Å². The lowest BCUT2D eigenvalue weighted by Crippen LogP contribution is -2.29. The number of nitrogens with one attached hydrogen (secondary N) is 2. The minimum absolute atomic E-state index is 0.0461. The summed E-state index contributed by atoms with van der Waals surface area (Å²) in [7, 11) is 0. The smallest absolute Gasteiger partial charge is 0.227 e. The predicted octanol–water partition coefficient (Wildman–Crippen LogP) is 0.586. The van der Waals surface area contributed by atoms with E-state index in [-0.39, 0.29) is 23.6 Å². The highest BCUT2D eigenvalue weighted by molar-refractivity contribution is 7.99. The van der Waals surface area contributed by atoms with Crippen LogP contribution >= 0.6 is 11.8 Å². The second-order valence-electron chi connectivity index (χ2n) is 3.77. The molecule has 1 heterocycles. The Morgan fingerprint density at radius 2 is 2.39 bits per heavy atom. The molecule has 0 aliphatic rings. The fourth-order valence-electron chi connectivity index (χ4n) is 1.44. The summed E-state index contributed by atoms with van der Waals surface area (Å²) in [5, 5.41) is 2.90. The summed E-state index contributed by atoms with van der Waals surface area (Å²) >= 11 is 1.36. The third-order valence-electron chi connectivity index (χ3n) is 2.31. The van der Waals surface area contributed by atoms with E-state index in [4.69, 9.17) is 5.73 Å². The molecular weight excluding hydrogens is 252 g/mol. The topological polar surface area (TPSA) is 101 Å². The summed E-state index contributed by atoms with van der Waals surface area (Å²) < 4.78 is 0. The molecule has 0 fully saturated rings. The zero-order chi connectivity index (χ0) is 13.4. The Balaban J connectivity index is 2.28. The molecule has 2 amide bonds. The van der Waals surface area contributed by atoms with Gasteiger partial charge in [-0.3, -0.25) is 9.59 Å². The monoisotopic (exact) mass is 270 g/mol. The van der Waals surface area contributed by atoms with Crippen LogP contribution in [0.1, 0.15) is 31.6 Å². The number of aromatic amines is 1. The Morgan fingerprint density at radius 1 is 1.61 bits per heavy atom. The average molecular weight is 270 g/mol. The van der Waals surface area contributed by atoms with Gasteiger partial charge in [0.05, 0.1) is 11.8 Å². The van der Waals surface area contributed by atoms with Gasteiger partial charge in [-0.25, -0.2) is 4.98 Å². The van der Waals surface area contributed by atoms with Crippen LogP contribution < -0.4 is 11.1 Å². The van der Waals surface area contributed by atoms with Crippen LogP contribution in [0.25, 0.3) is 0 Å². The maximum absolute atomic E-state index is 11.7. The van der Waals surface area contributed by atoms with Crippen molar-refractivity contribution in [3.05, 3.63) is 18.2 Å². The van der Waals surface area contributed by atoms with E-state index in [1.54, 1.807) is 12.4 Å². The van der Waals surface area contributed by atoms with Crippen molar-refractivity contribution in [2.24, 2.45) is 5.73 Å². The van der Waals surface area contributed by atoms with Crippen LogP contribution in [0.5, 0.6) is 0 Å². The summed E-state index contributed by atoms with van der Waals surface area (Å²) in [6.45, 7) is 1.98. The first-order chi connectivity index (χ1) is 8.63. The minimum atomic E-state index is -0.359. The van der Waals surface area contributed by atoms with Crippen LogP contribution in [0.2, 0.25) is 0 Å². The van der Waals surface area contributed by atoms with Gasteiger partial charge in [-0.05, 0) is 6.42 Å². The first-order valence-corrected chi connectivity index (χ1v) is 6.93. The Labute approximate surface area is 110 Å². The highest BCUT2D eigenvalue weighted by Crippen LogP contribution is 2.11. The minimum Gasteiger partial charge on any atom is -0.369 e. The first kappa shape index (κ1) is 14.6. The molecule has 0 radical (unpaired) electrons. The van der Waals surface area contributed by atoms with Crippen molar-refractivity contribution in [1.29, 1.82) is 0 Å². The highest BCUT2D eigenvalue weighted by atomic mass is 32.2. The highest BCUT2D eigenvalue weighted by Gasteiger charge is 2.14. The molecule has 7 heteroatoms. The molecule has 18 heavy (non-hydrogen) atoms. The number of imidazole rings is 1. The fourth-order valence-corrected chi connectivity index (χ4v) is 2.11. The first-order valence-electron chi connectivity index (χ1n) is 5.78. The molecule has 1 unspecified atom stereocenters. The predicted molar refractivity (Wildman–Crippen MR) is 70.9 cm³/mol. The van der Waals surface area contributed by atoms with Crippen LogP contribution in [0.4, 0.5) is 0 Å². The maximum Gasteiger partial charge on any atom is 0.227 e. The summed E-state index contributed by atoms with van der Waals surface area (Å²) in [6, 6.07) is -0.0892. The molecule has 0 aliphatic heterocycles. The quantitative estimate of drug-likeness (QED) is 0.602. The summed E-state index contributed by atoms with van der Waals surface area (Å²) in [5.41, 5.74) is 5.00. The maximum atomic E-state index is 11.7. The number of aromatic nitrogens is 2. The van der Waals surface area contributed by atoms with Gasteiger partial charge in [0.2, 0.25) is 11.8 Å². The Morgan fingerprint density at radius 3 is 2.94 bits per heavy atom. The number of rotatable bonds is 8. The summed E-state index contributed by atoms with van der Waals surface area (Å²) in [4.78, 5) is 29.3. The van der Waals surface area contributed by atoms with Gasteiger partial charge in [0.1, 0.15) is 5.82 Å².